The zero-order chi connectivity index (χ0) is 18.2. The van der Waals surface area contributed by atoms with Crippen LogP contribution >= 0.6 is 0 Å². The van der Waals surface area contributed by atoms with Crippen molar-refractivity contribution in [2.75, 3.05) is 6.61 Å². The summed E-state index contributed by atoms with van der Waals surface area (Å²) in [6.45, 7) is 2.65. The van der Waals surface area contributed by atoms with Crippen molar-refractivity contribution in [3.8, 4) is 0 Å². The lowest BCUT2D eigenvalue weighted by atomic mass is 9.99. The molecule has 1 aromatic rings. The molecule has 0 aliphatic carbocycles. The van der Waals surface area contributed by atoms with Crippen LogP contribution in [-0.4, -0.2) is 43.1 Å². The van der Waals surface area contributed by atoms with E-state index in [2.05, 4.69) is 0 Å². The molecule has 134 valence electrons. The van der Waals surface area contributed by atoms with E-state index < -0.39 is 30.3 Å². The van der Waals surface area contributed by atoms with Crippen LogP contribution in [0.25, 0.3) is 0 Å². The Bertz CT molecular complexity index is 638. The van der Waals surface area contributed by atoms with Crippen molar-refractivity contribution < 1.29 is 33.3 Å². The second-order valence-corrected chi connectivity index (χ2v) is 5.50. The third-order valence-electron chi connectivity index (χ3n) is 3.54. The highest BCUT2D eigenvalue weighted by Gasteiger charge is 2.40. The summed E-state index contributed by atoms with van der Waals surface area (Å²) in [6.07, 6.45) is -0.687. The summed E-state index contributed by atoms with van der Waals surface area (Å²) in [5.41, 5.74) is 1.05. The molecule has 0 bridgehead atoms. The molecule has 0 aromatic heterocycles. The first-order valence-corrected chi connectivity index (χ1v) is 7.78. The van der Waals surface area contributed by atoms with E-state index in [4.69, 9.17) is 18.9 Å². The maximum atomic E-state index is 11.4. The summed E-state index contributed by atoms with van der Waals surface area (Å²) in [5, 5.41) is 0. The van der Waals surface area contributed by atoms with Gasteiger partial charge >= 0.3 is 11.9 Å². The average Bonchev–Trinajstić information content (AvgIpc) is 2.59. The predicted molar refractivity (Wildman–Crippen MR) is 86.2 cm³/mol. The van der Waals surface area contributed by atoms with Gasteiger partial charge in [0, 0.05) is 13.8 Å². The third-order valence-corrected chi connectivity index (χ3v) is 3.54. The van der Waals surface area contributed by atoms with Gasteiger partial charge in [0.2, 0.25) is 0 Å². The van der Waals surface area contributed by atoms with E-state index in [9.17, 15) is 14.4 Å². The van der Waals surface area contributed by atoms with Gasteiger partial charge < -0.3 is 18.9 Å². The molecule has 2 rings (SSSR count). The Kier molecular flexibility index (Phi) is 6.71. The number of carbonyl (C=O) groups is 3. The molecule has 3 atom stereocenters. The van der Waals surface area contributed by atoms with Crippen molar-refractivity contribution in [3.63, 3.8) is 0 Å². The minimum absolute atomic E-state index is 0.0881. The number of hydrogen-bond donors (Lipinski definition) is 0. The van der Waals surface area contributed by atoms with Crippen LogP contribution in [0.3, 0.4) is 0 Å². The third kappa shape index (κ3) is 5.42. The topological polar surface area (TPSA) is 88.1 Å². The van der Waals surface area contributed by atoms with Crippen LogP contribution < -0.4 is 0 Å². The van der Waals surface area contributed by atoms with E-state index in [-0.39, 0.29) is 18.8 Å². The summed E-state index contributed by atoms with van der Waals surface area (Å²) >= 11 is 0. The normalized spacial score (nSPS) is 22.3. The Balaban J connectivity index is 2.19. The molecule has 0 unspecified atom stereocenters. The van der Waals surface area contributed by atoms with Gasteiger partial charge in [0.05, 0.1) is 18.4 Å². The van der Waals surface area contributed by atoms with Crippen molar-refractivity contribution in [2.45, 2.75) is 38.8 Å². The molecule has 1 aliphatic rings. The van der Waals surface area contributed by atoms with Gasteiger partial charge in [-0.05, 0) is 5.56 Å². The fourth-order valence-corrected chi connectivity index (χ4v) is 2.40. The zero-order valence-electron chi connectivity index (χ0n) is 14.0. The second kappa shape index (κ2) is 8.98. The van der Waals surface area contributed by atoms with Gasteiger partial charge in [0.1, 0.15) is 12.7 Å². The average molecular weight is 348 g/mol. The smallest absolute Gasteiger partial charge is 0.303 e. The monoisotopic (exact) mass is 348 g/mol. The molecule has 0 fully saturated rings. The summed E-state index contributed by atoms with van der Waals surface area (Å²) < 4.78 is 21.6. The maximum absolute atomic E-state index is 11.4. The molecule has 0 saturated carbocycles. The SMILES string of the molecule is CC(=O)OC[C@@H]1OC=C(C=O)[C@@H](OC(C)=O)[C@H]1OCc1ccccc1. The van der Waals surface area contributed by atoms with E-state index in [1.54, 1.807) is 0 Å². The van der Waals surface area contributed by atoms with Gasteiger partial charge in [-0.25, -0.2) is 0 Å². The van der Waals surface area contributed by atoms with E-state index >= 15 is 0 Å². The van der Waals surface area contributed by atoms with Crippen molar-refractivity contribution in [2.24, 2.45) is 0 Å². The lowest BCUT2D eigenvalue weighted by Gasteiger charge is -2.35. The van der Waals surface area contributed by atoms with E-state index in [1.807, 2.05) is 30.3 Å². The van der Waals surface area contributed by atoms with Crippen LogP contribution in [0.4, 0.5) is 0 Å². The Morgan fingerprint density at radius 3 is 2.48 bits per heavy atom. The molecule has 0 amide bonds. The van der Waals surface area contributed by atoms with E-state index in [0.29, 0.717) is 6.29 Å². The number of benzene rings is 1. The minimum Gasteiger partial charge on any atom is -0.491 e. The van der Waals surface area contributed by atoms with Gasteiger partial charge in [0.15, 0.2) is 18.5 Å². The first-order valence-electron chi connectivity index (χ1n) is 7.78. The number of ether oxygens (including phenoxy) is 4. The Labute approximate surface area is 145 Å². The highest BCUT2D eigenvalue weighted by Crippen LogP contribution is 2.25. The van der Waals surface area contributed by atoms with Gasteiger partial charge in [-0.1, -0.05) is 30.3 Å². The van der Waals surface area contributed by atoms with Crippen molar-refractivity contribution in [1.82, 2.24) is 0 Å². The van der Waals surface area contributed by atoms with Gasteiger partial charge in [-0.3, -0.25) is 14.4 Å². The molecule has 1 heterocycles. The van der Waals surface area contributed by atoms with Crippen molar-refractivity contribution in [3.05, 3.63) is 47.7 Å². The summed E-state index contributed by atoms with van der Waals surface area (Å²) in [4.78, 5) is 33.8. The van der Waals surface area contributed by atoms with Crippen LogP contribution in [0.15, 0.2) is 42.2 Å². The largest absolute Gasteiger partial charge is 0.491 e. The van der Waals surface area contributed by atoms with Crippen LogP contribution in [0, 0.1) is 0 Å². The van der Waals surface area contributed by atoms with Crippen molar-refractivity contribution >= 4 is 18.2 Å². The van der Waals surface area contributed by atoms with Gasteiger partial charge in [-0.2, -0.15) is 0 Å². The summed E-state index contributed by atoms with van der Waals surface area (Å²) in [6, 6.07) is 9.37. The first kappa shape index (κ1) is 18.7. The lowest BCUT2D eigenvalue weighted by Crippen LogP contribution is -2.49. The fourth-order valence-electron chi connectivity index (χ4n) is 2.40. The highest BCUT2D eigenvalue weighted by molar-refractivity contribution is 5.76. The number of esters is 2. The molecule has 0 N–H and O–H groups in total. The van der Waals surface area contributed by atoms with Crippen LogP contribution in [0.2, 0.25) is 0 Å². The molecule has 0 spiro atoms. The Morgan fingerprint density at radius 2 is 1.88 bits per heavy atom. The molecule has 1 aliphatic heterocycles. The molecule has 1 aromatic carbocycles. The highest BCUT2D eigenvalue weighted by atomic mass is 16.6. The minimum atomic E-state index is -0.937. The fraction of sp³-hybridized carbons (Fsp3) is 0.389. The zero-order valence-corrected chi connectivity index (χ0v) is 14.0. The van der Waals surface area contributed by atoms with Crippen LogP contribution in [0.1, 0.15) is 19.4 Å². The molecule has 0 saturated heterocycles. The standard InChI is InChI=1S/C18H20O7/c1-12(20)22-11-16-18(24-9-14-6-4-3-5-7-14)17(25-13(2)21)15(8-19)10-23-16/h3-8,10,16-18H,9,11H2,1-2H3/t16-,17+,18-/m0/s1. The van der Waals surface area contributed by atoms with Crippen molar-refractivity contribution in [1.29, 1.82) is 0 Å². The Hall–Kier alpha value is -2.67. The number of rotatable bonds is 7. The van der Waals surface area contributed by atoms with Gasteiger partial charge in [0.25, 0.3) is 0 Å². The molecule has 7 heteroatoms. The number of carbonyl (C=O) groups excluding carboxylic acids is 3. The van der Waals surface area contributed by atoms with E-state index in [1.165, 1.54) is 20.1 Å². The first-order chi connectivity index (χ1) is 12.0. The molecule has 0 radical (unpaired) electrons. The number of aldehydes is 1. The number of hydrogen-bond acceptors (Lipinski definition) is 7. The second-order valence-electron chi connectivity index (χ2n) is 5.50. The maximum Gasteiger partial charge on any atom is 0.303 e. The molecular formula is C18H20O7. The molecule has 25 heavy (non-hydrogen) atoms. The predicted octanol–water partition coefficient (Wildman–Crippen LogP) is 1.55. The van der Waals surface area contributed by atoms with E-state index in [0.717, 1.165) is 5.56 Å². The van der Waals surface area contributed by atoms with Gasteiger partial charge in [-0.15, -0.1) is 0 Å². The molecule has 7 nitrogen and oxygen atoms in total. The quantitative estimate of drug-likeness (QED) is 0.545. The van der Waals surface area contributed by atoms with Crippen LogP contribution in [-0.2, 0) is 39.9 Å². The summed E-state index contributed by atoms with van der Waals surface area (Å²) in [5.74, 6) is -1.03. The Morgan fingerprint density at radius 1 is 1.16 bits per heavy atom. The molecular weight excluding hydrogens is 328 g/mol. The van der Waals surface area contributed by atoms with Crippen LogP contribution in [0.5, 0.6) is 0 Å². The lowest BCUT2D eigenvalue weighted by molar-refractivity contribution is -0.173. The summed E-state index contributed by atoms with van der Waals surface area (Å²) in [7, 11) is 0.